The summed E-state index contributed by atoms with van der Waals surface area (Å²) in [5.74, 6) is -1.05. The van der Waals surface area contributed by atoms with Gasteiger partial charge in [-0.15, -0.1) is 0 Å². The van der Waals surface area contributed by atoms with Crippen LogP contribution in [0.5, 0.6) is 0 Å². The van der Waals surface area contributed by atoms with Crippen LogP contribution in [-0.2, 0) is 25.6 Å². The lowest BCUT2D eigenvalue weighted by Crippen LogP contribution is -2.60. The molecule has 4 amide bonds. The maximum absolute atomic E-state index is 14.0. The summed E-state index contributed by atoms with van der Waals surface area (Å²) in [5, 5.41) is 21.8. The number of benzene rings is 1. The van der Waals surface area contributed by atoms with Crippen LogP contribution in [0.2, 0.25) is 0 Å². The number of carbonyl (C=O) groups excluding carboxylic acids is 4. The highest BCUT2D eigenvalue weighted by molar-refractivity contribution is 5.87. The van der Waals surface area contributed by atoms with Crippen molar-refractivity contribution >= 4 is 24.0 Å². The summed E-state index contributed by atoms with van der Waals surface area (Å²) >= 11 is 0. The Morgan fingerprint density at radius 3 is 1.98 bits per heavy atom. The number of nitrogens with one attached hydrogen (secondary N) is 4. The number of rotatable bonds is 16. The molecule has 0 bridgehead atoms. The number of hydrazine groups is 1. The van der Waals surface area contributed by atoms with Crippen molar-refractivity contribution in [1.29, 1.82) is 0 Å². The minimum absolute atomic E-state index is 0.136. The first-order chi connectivity index (χ1) is 25.5. The van der Waals surface area contributed by atoms with Crippen LogP contribution in [0.1, 0.15) is 81.2 Å². The van der Waals surface area contributed by atoms with E-state index in [1.165, 1.54) is 7.11 Å². The fourth-order valence-electron chi connectivity index (χ4n) is 5.47. The molecule has 0 aliphatic rings. The molecule has 5 N–H and O–H groups in total. The van der Waals surface area contributed by atoms with Gasteiger partial charge in [0.2, 0.25) is 5.91 Å². The molecular weight excluding hydrogens is 700 g/mol. The number of hydrogen-bond donors (Lipinski definition) is 5. The van der Waals surface area contributed by atoms with Gasteiger partial charge in [0.05, 0.1) is 24.9 Å². The van der Waals surface area contributed by atoms with Crippen LogP contribution in [0.3, 0.4) is 0 Å². The van der Waals surface area contributed by atoms with Gasteiger partial charge in [-0.2, -0.15) is 0 Å². The van der Waals surface area contributed by atoms with Crippen molar-refractivity contribution in [2.75, 3.05) is 13.7 Å². The van der Waals surface area contributed by atoms with E-state index >= 15 is 0 Å². The van der Waals surface area contributed by atoms with Crippen LogP contribution in [0.4, 0.5) is 9.59 Å². The highest BCUT2D eigenvalue weighted by atomic mass is 16.6. The Hall–Kier alpha value is -5.01. The van der Waals surface area contributed by atoms with Gasteiger partial charge in [0.1, 0.15) is 17.7 Å². The van der Waals surface area contributed by atoms with Crippen LogP contribution in [0, 0.1) is 10.8 Å². The number of pyridine rings is 1. The largest absolute Gasteiger partial charge is 0.453 e. The van der Waals surface area contributed by atoms with Crippen molar-refractivity contribution < 1.29 is 33.8 Å². The summed E-state index contributed by atoms with van der Waals surface area (Å²) in [6.45, 7) is 21.7. The van der Waals surface area contributed by atoms with E-state index < -0.39 is 64.7 Å². The smallest absolute Gasteiger partial charge is 0.408 e. The Bertz CT molecular complexity index is 1640. The first-order valence-electron chi connectivity index (χ1n) is 18.4. The SMILES string of the molecule is C=C/C=C\C=C(/C)C[C@H](NC(=O)[C@@H](NC(=O)OC(C)(C)C)C(C)(C)C)[C@@H](O)CN(Cc1ccc(-c2ccccn2)cc1)NC(=O)[C@@H](NC(=O)OC)C(C)(C)C. The third-order valence-corrected chi connectivity index (χ3v) is 8.29. The number of allylic oxidation sites excluding steroid dienone is 4. The van der Waals surface area contributed by atoms with Gasteiger partial charge >= 0.3 is 12.2 Å². The maximum atomic E-state index is 14.0. The highest BCUT2D eigenvalue weighted by Gasteiger charge is 2.38. The molecule has 4 atom stereocenters. The van der Waals surface area contributed by atoms with Gasteiger partial charge < -0.3 is 30.5 Å². The van der Waals surface area contributed by atoms with Crippen LogP contribution in [-0.4, -0.2) is 82.6 Å². The highest BCUT2D eigenvalue weighted by Crippen LogP contribution is 2.23. The van der Waals surface area contributed by atoms with Gasteiger partial charge in [-0.1, -0.05) is 108 Å². The van der Waals surface area contributed by atoms with Gasteiger partial charge in [-0.3, -0.25) is 20.0 Å². The fraction of sp³-hybridized carbons (Fsp3) is 0.500. The zero-order chi connectivity index (χ0) is 41.6. The molecule has 0 aliphatic heterocycles. The first kappa shape index (κ1) is 46.1. The molecule has 0 fully saturated rings. The van der Waals surface area contributed by atoms with Crippen LogP contribution < -0.4 is 21.4 Å². The van der Waals surface area contributed by atoms with E-state index in [0.29, 0.717) is 0 Å². The molecule has 302 valence electrons. The topological polar surface area (TPSA) is 171 Å². The number of methoxy groups -OCH3 is 1. The minimum atomic E-state index is -1.24. The van der Waals surface area contributed by atoms with Gasteiger partial charge in [0.15, 0.2) is 0 Å². The zero-order valence-electron chi connectivity index (χ0n) is 34.4. The van der Waals surface area contributed by atoms with Crippen molar-refractivity contribution in [3.8, 4) is 11.3 Å². The average molecular weight is 763 g/mol. The standard InChI is InChI=1S/C42H62N6O7/c1-13-14-15-18-28(2)25-32(44-36(50)34(40(3,4)5)46-39(53)55-42(9,10)11)33(49)27-48(47-37(51)35(41(6,7)8)45-38(52)54-12)26-29-20-22-30(23-21-29)31-19-16-17-24-43-31/h13-24,32-35,49H,1,25-27H2,2-12H3,(H,44,50)(H,45,52)(H,46,53)(H,47,51)/b15-14-,28-18+/t32-,33-,34+,35+/m0/s1. The van der Waals surface area contributed by atoms with Crippen LogP contribution in [0.25, 0.3) is 11.3 Å². The predicted molar refractivity (Wildman–Crippen MR) is 215 cm³/mol. The van der Waals surface area contributed by atoms with Crippen molar-refractivity contribution in [2.45, 2.75) is 112 Å². The lowest BCUT2D eigenvalue weighted by molar-refractivity contribution is -0.132. The molecule has 13 nitrogen and oxygen atoms in total. The lowest BCUT2D eigenvalue weighted by atomic mass is 9.85. The van der Waals surface area contributed by atoms with Crippen molar-refractivity contribution in [3.63, 3.8) is 0 Å². The van der Waals surface area contributed by atoms with Gasteiger partial charge in [0, 0.05) is 24.8 Å². The van der Waals surface area contributed by atoms with E-state index in [2.05, 4.69) is 32.9 Å². The monoisotopic (exact) mass is 762 g/mol. The molecule has 13 heteroatoms. The van der Waals surface area contributed by atoms with Crippen molar-refractivity contribution in [2.24, 2.45) is 10.8 Å². The molecule has 0 aliphatic carbocycles. The second-order valence-corrected chi connectivity index (χ2v) is 16.7. The summed E-state index contributed by atoms with van der Waals surface area (Å²) in [7, 11) is 1.22. The molecule has 0 radical (unpaired) electrons. The predicted octanol–water partition coefficient (Wildman–Crippen LogP) is 6.22. The number of amides is 4. The molecular formula is C42H62N6O7. The molecule has 1 aromatic heterocycles. The van der Waals surface area contributed by atoms with Crippen molar-refractivity contribution in [1.82, 2.24) is 31.4 Å². The second-order valence-electron chi connectivity index (χ2n) is 16.7. The normalized spacial score (nSPS) is 14.7. The second kappa shape index (κ2) is 20.6. The molecule has 0 spiro atoms. The Morgan fingerprint density at radius 1 is 0.855 bits per heavy atom. The van der Waals surface area contributed by atoms with E-state index in [9.17, 15) is 24.3 Å². The quantitative estimate of drug-likeness (QED) is 0.0985. The Morgan fingerprint density at radius 2 is 1.45 bits per heavy atom. The van der Waals surface area contributed by atoms with Gasteiger partial charge in [0.25, 0.3) is 5.91 Å². The minimum Gasteiger partial charge on any atom is -0.453 e. The van der Waals surface area contributed by atoms with E-state index in [0.717, 1.165) is 22.4 Å². The zero-order valence-corrected chi connectivity index (χ0v) is 34.4. The van der Waals surface area contributed by atoms with E-state index in [1.807, 2.05) is 76.2 Å². The van der Waals surface area contributed by atoms with E-state index in [4.69, 9.17) is 9.47 Å². The Labute approximate surface area is 327 Å². The summed E-state index contributed by atoms with van der Waals surface area (Å²) in [6.07, 6.45) is 6.24. The summed E-state index contributed by atoms with van der Waals surface area (Å²) in [4.78, 5) is 57.4. The molecule has 0 saturated heterocycles. The Balaban J connectivity index is 2.53. The van der Waals surface area contributed by atoms with Gasteiger partial charge in [-0.05, 0) is 62.6 Å². The number of aromatic nitrogens is 1. The molecule has 0 saturated carbocycles. The third-order valence-electron chi connectivity index (χ3n) is 8.29. The average Bonchev–Trinajstić information content (AvgIpc) is 3.08. The molecule has 1 aromatic carbocycles. The Kier molecular flexibility index (Phi) is 17.3. The summed E-state index contributed by atoms with van der Waals surface area (Å²) in [5.41, 5.74) is 4.02. The number of alkyl carbamates (subject to hydrolysis) is 2. The summed E-state index contributed by atoms with van der Waals surface area (Å²) in [6, 6.07) is 10.4. The molecule has 55 heavy (non-hydrogen) atoms. The molecule has 1 heterocycles. The number of carbonyl (C=O) groups is 4. The number of ether oxygens (including phenoxy) is 2. The fourth-order valence-corrected chi connectivity index (χ4v) is 5.47. The molecule has 2 rings (SSSR count). The number of aliphatic hydroxyl groups is 1. The maximum Gasteiger partial charge on any atom is 0.408 e. The molecule has 2 aromatic rings. The third kappa shape index (κ3) is 16.5. The van der Waals surface area contributed by atoms with Crippen molar-refractivity contribution in [3.05, 3.63) is 90.7 Å². The lowest BCUT2D eigenvalue weighted by Gasteiger charge is -2.36. The molecule has 0 unspecified atom stereocenters. The van der Waals surface area contributed by atoms with E-state index in [-0.39, 0.29) is 19.5 Å². The van der Waals surface area contributed by atoms with Crippen LogP contribution >= 0.6 is 0 Å². The number of aliphatic hydroxyl groups excluding tert-OH is 1. The van der Waals surface area contributed by atoms with E-state index in [1.54, 1.807) is 71.0 Å². The first-order valence-corrected chi connectivity index (χ1v) is 18.4. The number of nitrogens with zero attached hydrogens (tertiary/aromatic N) is 2. The summed E-state index contributed by atoms with van der Waals surface area (Å²) < 4.78 is 10.2. The van der Waals surface area contributed by atoms with Gasteiger partial charge in [-0.25, -0.2) is 14.6 Å². The van der Waals surface area contributed by atoms with Crippen LogP contribution in [0.15, 0.2) is 85.1 Å². The number of hydrogen-bond acceptors (Lipinski definition) is 9.